The molecule has 136 valence electrons. The maximum absolute atomic E-state index is 13.1. The molecule has 10 heteroatoms. The molecule has 0 amide bonds. The molecule has 23 heavy (non-hydrogen) atoms. The molecular weight excluding hydrogens is 445 g/mol. The summed E-state index contributed by atoms with van der Waals surface area (Å²) in [7, 11) is 0. The summed E-state index contributed by atoms with van der Waals surface area (Å²) in [4.78, 5) is 11.8. The van der Waals surface area contributed by atoms with Crippen LogP contribution < -0.4 is 0 Å². The van der Waals surface area contributed by atoms with Gasteiger partial charge in [0.2, 0.25) is 0 Å². The highest BCUT2D eigenvalue weighted by molar-refractivity contribution is 14.1. The van der Waals surface area contributed by atoms with Crippen molar-refractivity contribution >= 4 is 28.6 Å². The minimum absolute atomic E-state index is 0.0322. The number of ether oxygens (including phenoxy) is 1. The van der Waals surface area contributed by atoms with Gasteiger partial charge in [-0.05, 0) is 25.2 Å². The van der Waals surface area contributed by atoms with Crippen molar-refractivity contribution in [3.8, 4) is 0 Å². The van der Waals surface area contributed by atoms with Crippen molar-refractivity contribution in [2.75, 3.05) is 0 Å². The van der Waals surface area contributed by atoms with Crippen LogP contribution in [0.2, 0.25) is 0 Å². The van der Waals surface area contributed by atoms with E-state index in [2.05, 4.69) is 4.74 Å². The zero-order chi connectivity index (χ0) is 18.1. The monoisotopic (exact) mass is 462 g/mol. The van der Waals surface area contributed by atoms with E-state index in [0.717, 1.165) is 0 Å². The van der Waals surface area contributed by atoms with Crippen molar-refractivity contribution in [1.82, 2.24) is 0 Å². The number of carbonyl (C=O) groups is 1. The van der Waals surface area contributed by atoms with Crippen LogP contribution in [0.5, 0.6) is 0 Å². The molecule has 0 aliphatic heterocycles. The molecule has 0 saturated heterocycles. The lowest BCUT2D eigenvalue weighted by atomic mass is 9.84. The number of halogens is 7. The maximum atomic E-state index is 13.1. The average Bonchev–Trinajstić information content (AvgIpc) is 2.93. The van der Waals surface area contributed by atoms with Crippen LogP contribution in [0, 0.1) is 5.92 Å². The first-order chi connectivity index (χ1) is 10.4. The Morgan fingerprint density at radius 1 is 1.17 bits per heavy atom. The van der Waals surface area contributed by atoms with E-state index in [4.69, 9.17) is 0 Å². The largest absolute Gasteiger partial charge is 0.457 e. The van der Waals surface area contributed by atoms with Gasteiger partial charge in [0.05, 0.1) is 0 Å². The zero-order valence-electron chi connectivity index (χ0n) is 12.2. The molecule has 1 aliphatic carbocycles. The number of aliphatic hydroxyl groups is 1. The van der Waals surface area contributed by atoms with Crippen LogP contribution in [0.15, 0.2) is 0 Å². The van der Waals surface area contributed by atoms with Crippen LogP contribution in [-0.2, 0) is 9.53 Å². The van der Waals surface area contributed by atoms with Crippen molar-refractivity contribution in [2.45, 2.75) is 67.0 Å². The zero-order valence-corrected chi connectivity index (χ0v) is 14.3. The Balaban J connectivity index is 3.27. The van der Waals surface area contributed by atoms with Gasteiger partial charge in [-0.25, -0.2) is 0 Å². The highest BCUT2D eigenvalue weighted by Gasteiger charge is 2.76. The van der Waals surface area contributed by atoms with Crippen LogP contribution in [0.25, 0.3) is 0 Å². The standard InChI is InChI=1S/C13H17F6IO3/c1-2-8(20)10(21)23-9(7-5-3-4-6-7)11(22,12(14,15)16)13(17,18)19/h7-9,22H,2-6H2,1H3. The van der Waals surface area contributed by atoms with Crippen molar-refractivity contribution in [3.63, 3.8) is 0 Å². The first-order valence-electron chi connectivity index (χ1n) is 7.06. The fourth-order valence-electron chi connectivity index (χ4n) is 2.63. The van der Waals surface area contributed by atoms with Gasteiger partial charge in [0.15, 0.2) is 6.10 Å². The second kappa shape index (κ2) is 7.32. The van der Waals surface area contributed by atoms with Crippen molar-refractivity contribution < 1.29 is 41.0 Å². The number of rotatable bonds is 5. The molecule has 1 rings (SSSR count). The summed E-state index contributed by atoms with van der Waals surface area (Å²) in [5.74, 6) is -2.37. The Labute approximate surface area is 142 Å². The van der Waals surface area contributed by atoms with E-state index >= 15 is 0 Å². The Hall–Kier alpha value is -0.260. The van der Waals surface area contributed by atoms with Crippen LogP contribution in [0.1, 0.15) is 39.0 Å². The Morgan fingerprint density at radius 2 is 1.61 bits per heavy atom. The summed E-state index contributed by atoms with van der Waals surface area (Å²) in [6.45, 7) is 1.54. The van der Waals surface area contributed by atoms with E-state index in [-0.39, 0.29) is 19.3 Å². The van der Waals surface area contributed by atoms with Crippen LogP contribution in [-0.4, -0.2) is 39.1 Å². The van der Waals surface area contributed by atoms with E-state index in [1.54, 1.807) is 29.5 Å². The lowest BCUT2D eigenvalue weighted by molar-refractivity contribution is -0.395. The third-order valence-corrected chi connectivity index (χ3v) is 5.35. The van der Waals surface area contributed by atoms with E-state index in [0.29, 0.717) is 12.8 Å². The Kier molecular flexibility index (Phi) is 6.62. The lowest BCUT2D eigenvalue weighted by Crippen LogP contribution is -2.67. The minimum Gasteiger partial charge on any atom is -0.457 e. The quantitative estimate of drug-likeness (QED) is 0.289. The molecule has 1 N–H and O–H groups in total. The molecule has 2 atom stereocenters. The first kappa shape index (κ1) is 20.8. The summed E-state index contributed by atoms with van der Waals surface area (Å²) in [6, 6.07) is 0. The van der Waals surface area contributed by atoms with E-state index < -0.39 is 39.9 Å². The molecule has 0 radical (unpaired) electrons. The molecular formula is C13H17F6IO3. The lowest BCUT2D eigenvalue weighted by Gasteiger charge is -2.40. The van der Waals surface area contributed by atoms with Gasteiger partial charge in [0.1, 0.15) is 3.92 Å². The molecule has 2 unspecified atom stereocenters. The summed E-state index contributed by atoms with van der Waals surface area (Å²) in [5.41, 5.74) is -5.07. The topological polar surface area (TPSA) is 46.5 Å². The molecule has 1 aliphatic rings. The summed E-state index contributed by atoms with van der Waals surface area (Å²) in [6.07, 6.45) is -13.6. The maximum Gasteiger partial charge on any atom is 0.430 e. The van der Waals surface area contributed by atoms with Gasteiger partial charge < -0.3 is 9.84 Å². The predicted octanol–water partition coefficient (Wildman–Crippen LogP) is 4.16. The molecule has 0 heterocycles. The summed E-state index contributed by atoms with van der Waals surface area (Å²) < 4.78 is 82.1. The SMILES string of the molecule is CCC(I)C(=O)OC(C1CCCC1)C(O)(C(F)(F)F)C(F)(F)F. The fraction of sp³-hybridized carbons (Fsp3) is 0.923. The molecule has 3 nitrogen and oxygen atoms in total. The smallest absolute Gasteiger partial charge is 0.430 e. The number of esters is 1. The summed E-state index contributed by atoms with van der Waals surface area (Å²) >= 11 is 1.58. The molecule has 1 saturated carbocycles. The normalized spacial score (nSPS) is 20.4. The minimum atomic E-state index is -6.01. The molecule has 0 aromatic heterocycles. The second-order valence-corrected chi connectivity index (χ2v) is 7.04. The first-order valence-corrected chi connectivity index (χ1v) is 8.31. The molecule has 0 aromatic rings. The van der Waals surface area contributed by atoms with Crippen LogP contribution >= 0.6 is 22.6 Å². The Morgan fingerprint density at radius 3 is 1.96 bits per heavy atom. The van der Waals surface area contributed by atoms with Gasteiger partial charge in [-0.1, -0.05) is 42.4 Å². The van der Waals surface area contributed by atoms with Crippen molar-refractivity contribution in [1.29, 1.82) is 0 Å². The van der Waals surface area contributed by atoms with Gasteiger partial charge in [-0.2, -0.15) is 26.3 Å². The molecule has 0 bridgehead atoms. The van der Waals surface area contributed by atoms with Gasteiger partial charge in [-0.15, -0.1) is 0 Å². The van der Waals surface area contributed by atoms with E-state index in [1.807, 2.05) is 0 Å². The van der Waals surface area contributed by atoms with Gasteiger partial charge in [-0.3, -0.25) is 4.79 Å². The summed E-state index contributed by atoms with van der Waals surface area (Å²) in [5, 5.41) is 9.58. The molecule has 0 aromatic carbocycles. The van der Waals surface area contributed by atoms with Gasteiger partial charge in [0.25, 0.3) is 5.60 Å². The highest BCUT2D eigenvalue weighted by Crippen LogP contribution is 2.50. The third-order valence-electron chi connectivity index (χ3n) is 3.96. The number of hydrogen-bond donors (Lipinski definition) is 1. The van der Waals surface area contributed by atoms with Crippen LogP contribution in [0.3, 0.4) is 0 Å². The number of hydrogen-bond acceptors (Lipinski definition) is 3. The highest BCUT2D eigenvalue weighted by atomic mass is 127. The van der Waals surface area contributed by atoms with Crippen LogP contribution in [0.4, 0.5) is 26.3 Å². The second-order valence-electron chi connectivity index (χ2n) is 5.54. The van der Waals surface area contributed by atoms with E-state index in [9.17, 15) is 36.2 Å². The number of alkyl halides is 7. The molecule has 0 spiro atoms. The van der Waals surface area contributed by atoms with Crippen molar-refractivity contribution in [2.24, 2.45) is 5.92 Å². The molecule has 1 fully saturated rings. The average molecular weight is 462 g/mol. The fourth-order valence-corrected chi connectivity index (χ4v) is 2.78. The van der Waals surface area contributed by atoms with E-state index in [1.165, 1.54) is 0 Å². The van der Waals surface area contributed by atoms with Gasteiger partial charge in [0, 0.05) is 0 Å². The van der Waals surface area contributed by atoms with Crippen molar-refractivity contribution in [3.05, 3.63) is 0 Å². The Bertz CT molecular complexity index is 403. The number of carbonyl (C=O) groups excluding carboxylic acids is 1. The predicted molar refractivity (Wildman–Crippen MR) is 77.0 cm³/mol. The van der Waals surface area contributed by atoms with Gasteiger partial charge >= 0.3 is 18.3 Å². The third kappa shape index (κ3) is 4.23.